The van der Waals surface area contributed by atoms with Gasteiger partial charge in [0.25, 0.3) is 5.69 Å². The number of rotatable bonds is 5. The van der Waals surface area contributed by atoms with E-state index < -0.39 is 11.0 Å². The summed E-state index contributed by atoms with van der Waals surface area (Å²) in [7, 11) is 0. The largest absolute Gasteiger partial charge is 0.323 e. The van der Waals surface area contributed by atoms with Crippen molar-refractivity contribution in [3.05, 3.63) is 32.3 Å². The SMILES string of the molecule is Cc1cc(Br)c(NC(=O)[C@H](N)CC(C)C)cc1[N+](=O)[O-]. The second-order valence-corrected chi connectivity index (χ2v) is 5.96. The van der Waals surface area contributed by atoms with Crippen LogP contribution in [-0.2, 0) is 4.79 Å². The van der Waals surface area contributed by atoms with Crippen molar-refractivity contribution in [1.29, 1.82) is 0 Å². The summed E-state index contributed by atoms with van der Waals surface area (Å²) in [6, 6.07) is 2.29. The van der Waals surface area contributed by atoms with Gasteiger partial charge in [0.1, 0.15) is 0 Å². The molecule has 20 heavy (non-hydrogen) atoms. The molecule has 110 valence electrons. The molecule has 1 aromatic rings. The van der Waals surface area contributed by atoms with Crippen molar-refractivity contribution in [2.24, 2.45) is 11.7 Å². The zero-order valence-electron chi connectivity index (χ0n) is 11.6. The first kappa shape index (κ1) is 16.6. The highest BCUT2D eigenvalue weighted by molar-refractivity contribution is 9.10. The third-order valence-corrected chi connectivity index (χ3v) is 3.46. The lowest BCUT2D eigenvalue weighted by atomic mass is 10.0. The van der Waals surface area contributed by atoms with Crippen LogP contribution >= 0.6 is 15.9 Å². The molecule has 0 bridgehead atoms. The van der Waals surface area contributed by atoms with Gasteiger partial charge in [0.15, 0.2) is 0 Å². The van der Waals surface area contributed by atoms with E-state index in [4.69, 9.17) is 5.73 Å². The van der Waals surface area contributed by atoms with E-state index in [0.717, 1.165) is 0 Å². The number of amides is 1. The number of nitrogens with two attached hydrogens (primary N) is 1. The number of carbonyl (C=O) groups is 1. The Morgan fingerprint density at radius 2 is 2.10 bits per heavy atom. The van der Waals surface area contributed by atoms with E-state index in [1.807, 2.05) is 13.8 Å². The summed E-state index contributed by atoms with van der Waals surface area (Å²) >= 11 is 3.28. The van der Waals surface area contributed by atoms with Crippen LogP contribution in [0.3, 0.4) is 0 Å². The molecule has 0 saturated carbocycles. The van der Waals surface area contributed by atoms with Crippen molar-refractivity contribution in [2.75, 3.05) is 5.32 Å². The van der Waals surface area contributed by atoms with Crippen LogP contribution in [0.4, 0.5) is 11.4 Å². The summed E-state index contributed by atoms with van der Waals surface area (Å²) in [5, 5.41) is 13.5. The van der Waals surface area contributed by atoms with Gasteiger partial charge in [-0.3, -0.25) is 14.9 Å². The van der Waals surface area contributed by atoms with Crippen LogP contribution in [0.2, 0.25) is 0 Å². The molecule has 0 heterocycles. The van der Waals surface area contributed by atoms with Gasteiger partial charge in [0, 0.05) is 16.1 Å². The fourth-order valence-electron chi connectivity index (χ4n) is 1.79. The number of nitrogens with one attached hydrogen (secondary N) is 1. The van der Waals surface area contributed by atoms with Crippen LogP contribution in [-0.4, -0.2) is 16.9 Å². The summed E-state index contributed by atoms with van der Waals surface area (Å²) in [5.74, 6) is -0.0518. The average Bonchev–Trinajstić information content (AvgIpc) is 2.30. The highest BCUT2D eigenvalue weighted by Gasteiger charge is 2.19. The smallest absolute Gasteiger partial charge is 0.274 e. The third-order valence-electron chi connectivity index (χ3n) is 2.80. The number of halogens is 1. The van der Waals surface area contributed by atoms with Gasteiger partial charge >= 0.3 is 0 Å². The number of hydrogen-bond acceptors (Lipinski definition) is 4. The normalized spacial score (nSPS) is 12.3. The summed E-state index contributed by atoms with van der Waals surface area (Å²) in [5.41, 5.74) is 6.61. The predicted octanol–water partition coefficient (Wildman–Crippen LogP) is 2.98. The summed E-state index contributed by atoms with van der Waals surface area (Å²) < 4.78 is 0.589. The van der Waals surface area contributed by atoms with Crippen LogP contribution in [0.15, 0.2) is 16.6 Å². The minimum Gasteiger partial charge on any atom is -0.323 e. The average molecular weight is 344 g/mol. The van der Waals surface area contributed by atoms with Gasteiger partial charge in [-0.25, -0.2) is 0 Å². The topological polar surface area (TPSA) is 98.3 Å². The van der Waals surface area contributed by atoms with Crippen LogP contribution in [0, 0.1) is 23.0 Å². The van der Waals surface area contributed by atoms with E-state index in [9.17, 15) is 14.9 Å². The number of nitro groups is 1. The van der Waals surface area contributed by atoms with Gasteiger partial charge in [-0.2, -0.15) is 0 Å². The first-order valence-corrected chi connectivity index (χ1v) is 7.02. The Morgan fingerprint density at radius 3 is 2.60 bits per heavy atom. The van der Waals surface area contributed by atoms with Gasteiger partial charge in [-0.05, 0) is 41.3 Å². The number of nitrogens with zero attached hydrogens (tertiary/aromatic N) is 1. The number of aryl methyl sites for hydroxylation is 1. The van der Waals surface area contributed by atoms with E-state index >= 15 is 0 Å². The van der Waals surface area contributed by atoms with Crippen LogP contribution in [0.25, 0.3) is 0 Å². The molecular formula is C13H18BrN3O3. The first-order chi connectivity index (χ1) is 9.22. The fourth-order valence-corrected chi connectivity index (χ4v) is 2.35. The van der Waals surface area contributed by atoms with Gasteiger partial charge in [0.2, 0.25) is 5.91 Å². The summed E-state index contributed by atoms with van der Waals surface area (Å²) in [6.07, 6.45) is 0.553. The Hall–Kier alpha value is -1.47. The monoisotopic (exact) mass is 343 g/mol. The molecule has 1 aromatic carbocycles. The fraction of sp³-hybridized carbons (Fsp3) is 0.462. The molecule has 0 aliphatic rings. The van der Waals surface area contributed by atoms with E-state index in [1.165, 1.54) is 6.07 Å². The predicted molar refractivity (Wildman–Crippen MR) is 81.6 cm³/mol. The van der Waals surface area contributed by atoms with Crippen LogP contribution in [0.5, 0.6) is 0 Å². The van der Waals surface area contributed by atoms with Crippen molar-refractivity contribution in [3.63, 3.8) is 0 Å². The van der Waals surface area contributed by atoms with Gasteiger partial charge in [-0.15, -0.1) is 0 Å². The quantitative estimate of drug-likeness (QED) is 0.634. The van der Waals surface area contributed by atoms with E-state index in [-0.39, 0.29) is 11.6 Å². The number of hydrogen-bond donors (Lipinski definition) is 2. The molecule has 6 nitrogen and oxygen atoms in total. The zero-order valence-corrected chi connectivity index (χ0v) is 13.2. The van der Waals surface area contributed by atoms with Crippen LogP contribution in [0.1, 0.15) is 25.8 Å². The molecular weight excluding hydrogens is 326 g/mol. The lowest BCUT2D eigenvalue weighted by Crippen LogP contribution is -2.36. The maximum atomic E-state index is 11.9. The van der Waals surface area contributed by atoms with Crippen LogP contribution < -0.4 is 11.1 Å². The molecule has 0 aliphatic carbocycles. The van der Waals surface area contributed by atoms with Crippen molar-refractivity contribution in [1.82, 2.24) is 0 Å². The Bertz CT molecular complexity index is 532. The molecule has 3 N–H and O–H groups in total. The molecule has 0 spiro atoms. The molecule has 0 fully saturated rings. The Morgan fingerprint density at radius 1 is 1.50 bits per heavy atom. The summed E-state index contributed by atoms with van der Waals surface area (Å²) in [6.45, 7) is 5.58. The van der Waals surface area contributed by atoms with Gasteiger partial charge in [-0.1, -0.05) is 13.8 Å². The second kappa shape index (κ2) is 6.81. The molecule has 0 radical (unpaired) electrons. The lowest BCUT2D eigenvalue weighted by Gasteiger charge is -2.15. The Balaban J connectivity index is 2.95. The standard InChI is InChI=1S/C13H18BrN3O3/c1-7(2)4-10(15)13(18)16-11-6-12(17(19)20)8(3)5-9(11)14/h5-7,10H,4,15H2,1-3H3,(H,16,18)/t10-/m1/s1. The van der Waals surface area contributed by atoms with E-state index in [1.54, 1.807) is 13.0 Å². The molecule has 0 aromatic heterocycles. The highest BCUT2D eigenvalue weighted by atomic mass is 79.9. The zero-order chi connectivity index (χ0) is 15.4. The van der Waals surface area contributed by atoms with E-state index in [0.29, 0.717) is 28.1 Å². The lowest BCUT2D eigenvalue weighted by molar-refractivity contribution is -0.385. The third kappa shape index (κ3) is 4.28. The Kier molecular flexibility index (Phi) is 5.64. The molecule has 0 unspecified atom stereocenters. The maximum absolute atomic E-state index is 11.9. The molecule has 0 saturated heterocycles. The molecule has 7 heteroatoms. The minimum absolute atomic E-state index is 0.0408. The molecule has 1 atom stereocenters. The van der Waals surface area contributed by atoms with E-state index in [2.05, 4.69) is 21.2 Å². The minimum atomic E-state index is -0.637. The van der Waals surface area contributed by atoms with Crippen molar-refractivity contribution >= 4 is 33.2 Å². The Labute approximate surface area is 126 Å². The number of benzene rings is 1. The van der Waals surface area contributed by atoms with Gasteiger partial charge in [0.05, 0.1) is 16.7 Å². The second-order valence-electron chi connectivity index (χ2n) is 5.10. The van der Waals surface area contributed by atoms with Crippen molar-refractivity contribution < 1.29 is 9.72 Å². The number of nitro benzene ring substituents is 1. The van der Waals surface area contributed by atoms with Crippen molar-refractivity contribution in [3.8, 4) is 0 Å². The molecule has 1 rings (SSSR count). The maximum Gasteiger partial charge on any atom is 0.274 e. The number of anilines is 1. The molecule has 1 amide bonds. The van der Waals surface area contributed by atoms with Gasteiger partial charge < -0.3 is 11.1 Å². The van der Waals surface area contributed by atoms with Crippen molar-refractivity contribution in [2.45, 2.75) is 33.2 Å². The number of carbonyl (C=O) groups excluding carboxylic acids is 1. The molecule has 0 aliphatic heterocycles. The summed E-state index contributed by atoms with van der Waals surface area (Å²) in [4.78, 5) is 22.4. The highest BCUT2D eigenvalue weighted by Crippen LogP contribution is 2.30. The first-order valence-electron chi connectivity index (χ1n) is 6.23.